The molecule has 1 aliphatic heterocycles. The van der Waals surface area contributed by atoms with E-state index in [1.54, 1.807) is 6.07 Å². The van der Waals surface area contributed by atoms with Gasteiger partial charge in [0, 0.05) is 10.9 Å². The van der Waals surface area contributed by atoms with Gasteiger partial charge in [-0.25, -0.2) is 4.79 Å². The summed E-state index contributed by atoms with van der Waals surface area (Å²) in [4.78, 5) is 34.0. The van der Waals surface area contributed by atoms with Gasteiger partial charge >= 0.3 is 5.97 Å². The van der Waals surface area contributed by atoms with Crippen molar-refractivity contribution in [3.8, 4) is 0 Å². The molecule has 0 radical (unpaired) electrons. The Labute approximate surface area is 117 Å². The number of carboxylic acids is 1. The van der Waals surface area contributed by atoms with E-state index in [9.17, 15) is 14.4 Å². The lowest BCUT2D eigenvalue weighted by Gasteiger charge is -2.12. The van der Waals surface area contributed by atoms with Crippen molar-refractivity contribution in [1.82, 2.24) is 5.32 Å². The second kappa shape index (κ2) is 5.40. The van der Waals surface area contributed by atoms with Gasteiger partial charge in [-0.3, -0.25) is 9.59 Å². The molecule has 6 nitrogen and oxygen atoms in total. The molecule has 2 amide bonds. The summed E-state index contributed by atoms with van der Waals surface area (Å²) in [5.74, 6) is -1.71. The van der Waals surface area contributed by atoms with Crippen molar-refractivity contribution in [2.75, 3.05) is 5.32 Å². The molecule has 0 aromatic heterocycles. The fourth-order valence-electron chi connectivity index (χ4n) is 1.83. The zero-order valence-electron chi connectivity index (χ0n) is 9.77. The average Bonchev–Trinajstić information content (AvgIpc) is 2.78. The van der Waals surface area contributed by atoms with E-state index in [1.807, 2.05) is 0 Å². The van der Waals surface area contributed by atoms with Crippen molar-refractivity contribution < 1.29 is 19.5 Å². The van der Waals surface area contributed by atoms with E-state index in [1.165, 1.54) is 12.1 Å². The Morgan fingerprint density at radius 1 is 1.42 bits per heavy atom. The van der Waals surface area contributed by atoms with Crippen molar-refractivity contribution >= 4 is 39.4 Å². The van der Waals surface area contributed by atoms with Crippen LogP contribution in [-0.2, 0) is 9.59 Å². The van der Waals surface area contributed by atoms with Gasteiger partial charge < -0.3 is 15.7 Å². The maximum Gasteiger partial charge on any atom is 0.337 e. The highest BCUT2D eigenvalue weighted by atomic mass is 79.9. The Morgan fingerprint density at radius 3 is 2.74 bits per heavy atom. The van der Waals surface area contributed by atoms with Crippen LogP contribution in [0.3, 0.4) is 0 Å². The number of carbonyl (C=O) groups is 3. The van der Waals surface area contributed by atoms with Gasteiger partial charge in [0.2, 0.25) is 11.8 Å². The van der Waals surface area contributed by atoms with E-state index in [4.69, 9.17) is 5.11 Å². The molecule has 0 bridgehead atoms. The number of nitrogens with one attached hydrogen (secondary N) is 2. The standard InChI is InChI=1S/C12H11BrN2O4/c13-6-1-2-8(7(5-6)12(18)19)15-11(17)9-3-4-10(16)14-9/h1-2,5,9H,3-4H2,(H,14,16)(H,15,17)(H,18,19)/t9-/m1/s1. The molecule has 1 aromatic carbocycles. The molecule has 0 aliphatic carbocycles. The SMILES string of the molecule is O=C1CC[C@H](C(=O)Nc2ccc(Br)cc2C(=O)O)N1. The first-order chi connectivity index (χ1) is 8.97. The lowest BCUT2D eigenvalue weighted by Crippen LogP contribution is -2.37. The number of carbonyl (C=O) groups excluding carboxylic acids is 2. The molecule has 7 heteroatoms. The molecule has 2 rings (SSSR count). The van der Waals surface area contributed by atoms with Gasteiger partial charge in [0.25, 0.3) is 0 Å². The van der Waals surface area contributed by atoms with Crippen molar-refractivity contribution in [3.05, 3.63) is 28.2 Å². The van der Waals surface area contributed by atoms with Crippen molar-refractivity contribution in [3.63, 3.8) is 0 Å². The molecular weight excluding hydrogens is 316 g/mol. The fraction of sp³-hybridized carbons (Fsp3) is 0.250. The van der Waals surface area contributed by atoms with Gasteiger partial charge in [0.05, 0.1) is 11.3 Å². The van der Waals surface area contributed by atoms with Crippen LogP contribution in [0.15, 0.2) is 22.7 Å². The molecule has 1 atom stereocenters. The highest BCUT2D eigenvalue weighted by Crippen LogP contribution is 2.22. The predicted octanol–water partition coefficient (Wildman–Crippen LogP) is 1.36. The second-order valence-corrected chi connectivity index (χ2v) is 5.06. The monoisotopic (exact) mass is 326 g/mol. The molecular formula is C12H11BrN2O4. The molecule has 19 heavy (non-hydrogen) atoms. The van der Waals surface area contributed by atoms with Gasteiger partial charge in [0.1, 0.15) is 6.04 Å². The Balaban J connectivity index is 2.17. The summed E-state index contributed by atoms with van der Waals surface area (Å²) < 4.78 is 0.608. The Hall–Kier alpha value is -1.89. The number of rotatable bonds is 3. The third-order valence-electron chi connectivity index (χ3n) is 2.78. The van der Waals surface area contributed by atoms with Crippen molar-refractivity contribution in [2.24, 2.45) is 0 Å². The minimum atomic E-state index is -1.13. The van der Waals surface area contributed by atoms with Crippen molar-refractivity contribution in [2.45, 2.75) is 18.9 Å². The zero-order chi connectivity index (χ0) is 14.0. The lowest BCUT2D eigenvalue weighted by atomic mass is 10.1. The number of benzene rings is 1. The molecule has 1 fully saturated rings. The summed E-state index contributed by atoms with van der Waals surface area (Å²) in [6.45, 7) is 0. The summed E-state index contributed by atoms with van der Waals surface area (Å²) >= 11 is 3.17. The molecule has 1 saturated heterocycles. The number of hydrogen-bond donors (Lipinski definition) is 3. The Morgan fingerprint density at radius 2 is 2.16 bits per heavy atom. The largest absolute Gasteiger partial charge is 0.478 e. The smallest absolute Gasteiger partial charge is 0.337 e. The van der Waals surface area contributed by atoms with Crippen LogP contribution in [0, 0.1) is 0 Å². The molecule has 0 unspecified atom stereocenters. The zero-order valence-corrected chi connectivity index (χ0v) is 11.4. The number of amides is 2. The highest BCUT2D eigenvalue weighted by molar-refractivity contribution is 9.10. The van der Waals surface area contributed by atoms with E-state index >= 15 is 0 Å². The lowest BCUT2D eigenvalue weighted by molar-refractivity contribution is -0.122. The molecule has 1 aromatic rings. The van der Waals surface area contributed by atoms with Crippen LogP contribution in [0.4, 0.5) is 5.69 Å². The predicted molar refractivity (Wildman–Crippen MR) is 70.9 cm³/mol. The van der Waals surface area contributed by atoms with Crippen LogP contribution >= 0.6 is 15.9 Å². The Kier molecular flexibility index (Phi) is 3.84. The van der Waals surface area contributed by atoms with Crippen LogP contribution in [-0.4, -0.2) is 28.9 Å². The number of anilines is 1. The van der Waals surface area contributed by atoms with Crippen LogP contribution in [0.2, 0.25) is 0 Å². The summed E-state index contributed by atoms with van der Waals surface area (Å²) in [6.07, 6.45) is 0.730. The minimum absolute atomic E-state index is 0.00736. The van der Waals surface area contributed by atoms with Gasteiger partial charge in [-0.05, 0) is 24.6 Å². The molecule has 1 aliphatic rings. The van der Waals surface area contributed by atoms with E-state index < -0.39 is 17.9 Å². The molecule has 0 spiro atoms. The quantitative estimate of drug-likeness (QED) is 0.781. The third-order valence-corrected chi connectivity index (χ3v) is 3.27. The summed E-state index contributed by atoms with van der Waals surface area (Å²) in [5.41, 5.74) is 0.203. The average molecular weight is 327 g/mol. The molecule has 0 saturated carbocycles. The van der Waals surface area contributed by atoms with E-state index in [-0.39, 0.29) is 17.2 Å². The normalized spacial score (nSPS) is 17.9. The number of aromatic carboxylic acids is 1. The summed E-state index contributed by atoms with van der Waals surface area (Å²) in [6, 6.07) is 3.95. The maximum atomic E-state index is 11.9. The van der Waals surface area contributed by atoms with E-state index in [0.29, 0.717) is 17.3 Å². The minimum Gasteiger partial charge on any atom is -0.478 e. The highest BCUT2D eigenvalue weighted by Gasteiger charge is 2.27. The van der Waals surface area contributed by atoms with Gasteiger partial charge in [0.15, 0.2) is 0 Å². The van der Waals surface area contributed by atoms with E-state index in [2.05, 4.69) is 26.6 Å². The van der Waals surface area contributed by atoms with Crippen LogP contribution in [0.25, 0.3) is 0 Å². The number of halogens is 1. The fourth-order valence-corrected chi connectivity index (χ4v) is 2.19. The molecule has 1 heterocycles. The number of hydrogen-bond acceptors (Lipinski definition) is 3. The number of carboxylic acid groups (broad SMARTS) is 1. The first kappa shape index (κ1) is 13.5. The first-order valence-electron chi connectivity index (χ1n) is 5.60. The summed E-state index contributed by atoms with van der Waals surface area (Å²) in [5, 5.41) is 14.1. The van der Waals surface area contributed by atoms with Gasteiger partial charge in [-0.1, -0.05) is 15.9 Å². The van der Waals surface area contributed by atoms with Crippen LogP contribution < -0.4 is 10.6 Å². The second-order valence-electron chi connectivity index (χ2n) is 4.14. The van der Waals surface area contributed by atoms with Gasteiger partial charge in [-0.2, -0.15) is 0 Å². The first-order valence-corrected chi connectivity index (χ1v) is 6.40. The maximum absolute atomic E-state index is 11.9. The van der Waals surface area contributed by atoms with Crippen LogP contribution in [0.1, 0.15) is 23.2 Å². The third kappa shape index (κ3) is 3.11. The molecule has 100 valence electrons. The van der Waals surface area contributed by atoms with Crippen molar-refractivity contribution in [1.29, 1.82) is 0 Å². The van der Waals surface area contributed by atoms with Gasteiger partial charge in [-0.15, -0.1) is 0 Å². The van der Waals surface area contributed by atoms with E-state index in [0.717, 1.165) is 0 Å². The van der Waals surface area contributed by atoms with Crippen LogP contribution in [0.5, 0.6) is 0 Å². The summed E-state index contributed by atoms with van der Waals surface area (Å²) in [7, 11) is 0. The molecule has 3 N–H and O–H groups in total. The Bertz CT molecular complexity index is 559. The topological polar surface area (TPSA) is 95.5 Å².